The van der Waals surface area contributed by atoms with Gasteiger partial charge in [0.2, 0.25) is 0 Å². The molecule has 0 bridgehead atoms. The van der Waals surface area contributed by atoms with E-state index in [1.165, 1.54) is 0 Å². The van der Waals surface area contributed by atoms with Gasteiger partial charge in [-0.1, -0.05) is 24.6 Å². The number of nitrogens with one attached hydrogen (secondary N) is 2. The fraction of sp³-hybridized carbons (Fsp3) is 0.333. The van der Waals surface area contributed by atoms with Crippen molar-refractivity contribution in [2.45, 2.75) is 20.4 Å². The number of carbonyl (C=O) groups excluding carboxylic acids is 1. The second-order valence-corrected chi connectivity index (χ2v) is 5.57. The Morgan fingerprint density at radius 1 is 1.43 bits per heavy atom. The summed E-state index contributed by atoms with van der Waals surface area (Å²) in [5.74, 6) is 0.286. The maximum atomic E-state index is 11.8. The number of nitrogens with zero attached hydrogens (tertiary/aromatic N) is 2. The van der Waals surface area contributed by atoms with Gasteiger partial charge in [-0.2, -0.15) is 5.10 Å². The molecule has 2 aromatic rings. The molecule has 2 rings (SSSR count). The van der Waals surface area contributed by atoms with Gasteiger partial charge in [0.1, 0.15) is 0 Å². The lowest BCUT2D eigenvalue weighted by Crippen LogP contribution is -2.33. The van der Waals surface area contributed by atoms with Crippen LogP contribution < -0.4 is 10.6 Å². The molecule has 0 aliphatic heterocycles. The molecule has 0 spiro atoms. The Morgan fingerprint density at radius 3 is 2.90 bits per heavy atom. The lowest BCUT2D eigenvalue weighted by Gasteiger charge is -2.13. The molecule has 112 valence electrons. The Balaban J connectivity index is 1.75. The van der Waals surface area contributed by atoms with Crippen molar-refractivity contribution in [2.75, 3.05) is 11.9 Å². The first-order valence-corrected chi connectivity index (χ1v) is 7.21. The van der Waals surface area contributed by atoms with Gasteiger partial charge in [0.15, 0.2) is 0 Å². The molecule has 1 aromatic heterocycles. The van der Waals surface area contributed by atoms with Crippen LogP contribution >= 0.6 is 11.6 Å². The highest BCUT2D eigenvalue weighted by Crippen LogP contribution is 2.14. The number of halogens is 1. The van der Waals surface area contributed by atoms with Crippen LogP contribution in [0, 0.1) is 12.8 Å². The van der Waals surface area contributed by atoms with E-state index < -0.39 is 0 Å². The molecule has 1 aromatic carbocycles. The third-order valence-electron chi connectivity index (χ3n) is 2.97. The van der Waals surface area contributed by atoms with Crippen molar-refractivity contribution in [1.82, 2.24) is 15.1 Å². The quantitative estimate of drug-likeness (QED) is 0.890. The van der Waals surface area contributed by atoms with Crippen LogP contribution in [-0.2, 0) is 6.54 Å². The van der Waals surface area contributed by atoms with Crippen molar-refractivity contribution in [3.05, 3.63) is 47.2 Å². The number of hydrogen-bond donors (Lipinski definition) is 2. The van der Waals surface area contributed by atoms with Crippen LogP contribution in [0.15, 0.2) is 36.5 Å². The fourth-order valence-corrected chi connectivity index (χ4v) is 2.15. The minimum Gasteiger partial charge on any atom is -0.338 e. The number of hydrogen-bond acceptors (Lipinski definition) is 2. The summed E-state index contributed by atoms with van der Waals surface area (Å²) in [7, 11) is 0. The molecular formula is C15H19ClN4O. The van der Waals surface area contributed by atoms with E-state index >= 15 is 0 Å². The van der Waals surface area contributed by atoms with Crippen LogP contribution in [-0.4, -0.2) is 22.4 Å². The van der Waals surface area contributed by atoms with Crippen LogP contribution in [0.25, 0.3) is 0 Å². The van der Waals surface area contributed by atoms with E-state index in [1.807, 2.05) is 23.9 Å². The predicted octanol–water partition coefficient (Wildman–Crippen LogP) is 3.30. The first kappa shape index (κ1) is 15.4. The van der Waals surface area contributed by atoms with E-state index in [2.05, 4.69) is 22.7 Å². The van der Waals surface area contributed by atoms with E-state index in [4.69, 9.17) is 11.6 Å². The van der Waals surface area contributed by atoms with Crippen molar-refractivity contribution < 1.29 is 4.79 Å². The van der Waals surface area contributed by atoms with Crippen molar-refractivity contribution >= 4 is 23.3 Å². The Labute approximate surface area is 129 Å². The van der Waals surface area contributed by atoms with Crippen LogP contribution in [0.4, 0.5) is 10.5 Å². The zero-order valence-corrected chi connectivity index (χ0v) is 12.9. The minimum absolute atomic E-state index is 0.235. The molecule has 6 heteroatoms. The van der Waals surface area contributed by atoms with E-state index in [0.717, 1.165) is 12.2 Å². The Kier molecular flexibility index (Phi) is 5.22. The summed E-state index contributed by atoms with van der Waals surface area (Å²) in [4.78, 5) is 11.8. The molecular weight excluding hydrogens is 288 g/mol. The molecule has 1 heterocycles. The largest absolute Gasteiger partial charge is 0.338 e. The molecule has 0 unspecified atom stereocenters. The van der Waals surface area contributed by atoms with Gasteiger partial charge in [0, 0.05) is 30.0 Å². The average molecular weight is 307 g/mol. The minimum atomic E-state index is -0.235. The third kappa shape index (κ3) is 5.11. The number of amides is 2. The summed E-state index contributed by atoms with van der Waals surface area (Å²) in [5.41, 5.74) is 1.67. The first-order valence-electron chi connectivity index (χ1n) is 6.83. The number of carbonyl (C=O) groups is 1. The molecule has 0 saturated heterocycles. The van der Waals surface area contributed by atoms with Gasteiger partial charge in [-0.25, -0.2) is 4.79 Å². The maximum absolute atomic E-state index is 11.8. The Morgan fingerprint density at radius 2 is 2.24 bits per heavy atom. The highest BCUT2D eigenvalue weighted by atomic mass is 35.5. The molecule has 0 aliphatic rings. The summed E-state index contributed by atoms with van der Waals surface area (Å²) >= 11 is 5.87. The predicted molar refractivity (Wildman–Crippen MR) is 84.6 cm³/mol. The zero-order valence-electron chi connectivity index (χ0n) is 12.1. The number of aryl methyl sites for hydroxylation is 1. The normalized spacial score (nSPS) is 12.0. The molecule has 21 heavy (non-hydrogen) atoms. The lowest BCUT2D eigenvalue weighted by atomic mass is 10.2. The van der Waals surface area contributed by atoms with Gasteiger partial charge < -0.3 is 10.6 Å². The van der Waals surface area contributed by atoms with Gasteiger partial charge >= 0.3 is 6.03 Å². The average Bonchev–Trinajstić information content (AvgIpc) is 2.82. The topological polar surface area (TPSA) is 59.0 Å². The van der Waals surface area contributed by atoms with Crippen molar-refractivity contribution in [3.63, 3.8) is 0 Å². The molecule has 5 nitrogen and oxygen atoms in total. The molecule has 0 saturated carbocycles. The number of anilines is 1. The van der Waals surface area contributed by atoms with Crippen LogP contribution in [0.5, 0.6) is 0 Å². The van der Waals surface area contributed by atoms with Crippen LogP contribution in [0.2, 0.25) is 5.02 Å². The number of aromatic nitrogens is 2. The standard InChI is InChI=1S/C15H19ClN4O/c1-11(10-20-7-6-12(2)19-20)9-17-15(21)18-14-5-3-4-13(16)8-14/h3-8,11H,9-10H2,1-2H3,(H2,17,18,21)/t11-/m0/s1. The second kappa shape index (κ2) is 7.13. The summed E-state index contributed by atoms with van der Waals surface area (Å²) in [5, 5.41) is 10.5. The van der Waals surface area contributed by atoms with Gasteiger partial charge in [-0.3, -0.25) is 4.68 Å². The summed E-state index contributed by atoms with van der Waals surface area (Å²) in [6.07, 6.45) is 1.94. The highest BCUT2D eigenvalue weighted by Gasteiger charge is 2.07. The second-order valence-electron chi connectivity index (χ2n) is 5.13. The highest BCUT2D eigenvalue weighted by molar-refractivity contribution is 6.30. The van der Waals surface area contributed by atoms with Crippen molar-refractivity contribution in [2.24, 2.45) is 5.92 Å². The van der Waals surface area contributed by atoms with Crippen molar-refractivity contribution in [3.8, 4) is 0 Å². The van der Waals surface area contributed by atoms with Crippen molar-refractivity contribution in [1.29, 1.82) is 0 Å². The van der Waals surface area contributed by atoms with Gasteiger partial charge in [-0.15, -0.1) is 0 Å². The molecule has 0 radical (unpaired) electrons. The monoisotopic (exact) mass is 306 g/mol. The van der Waals surface area contributed by atoms with Crippen LogP contribution in [0.3, 0.4) is 0 Å². The molecule has 0 fully saturated rings. The van der Waals surface area contributed by atoms with E-state index in [0.29, 0.717) is 17.3 Å². The SMILES string of the molecule is Cc1ccn(C[C@@H](C)CNC(=O)Nc2cccc(Cl)c2)n1. The Bertz CT molecular complexity index is 611. The number of urea groups is 1. The number of rotatable bonds is 5. The van der Waals surface area contributed by atoms with E-state index in [9.17, 15) is 4.79 Å². The summed E-state index contributed by atoms with van der Waals surface area (Å²) in [6.45, 7) is 5.37. The Hall–Kier alpha value is -2.01. The maximum Gasteiger partial charge on any atom is 0.319 e. The molecule has 0 aliphatic carbocycles. The first-order chi connectivity index (χ1) is 10.0. The van der Waals surface area contributed by atoms with E-state index in [1.54, 1.807) is 24.3 Å². The number of benzene rings is 1. The molecule has 1 atom stereocenters. The smallest absolute Gasteiger partial charge is 0.319 e. The zero-order chi connectivity index (χ0) is 15.2. The fourth-order valence-electron chi connectivity index (χ4n) is 1.96. The van der Waals surface area contributed by atoms with Crippen LogP contribution in [0.1, 0.15) is 12.6 Å². The van der Waals surface area contributed by atoms with Gasteiger partial charge in [0.05, 0.1) is 5.69 Å². The third-order valence-corrected chi connectivity index (χ3v) is 3.20. The van der Waals surface area contributed by atoms with E-state index in [-0.39, 0.29) is 11.9 Å². The van der Waals surface area contributed by atoms with Gasteiger partial charge in [-0.05, 0) is 37.1 Å². The summed E-state index contributed by atoms with van der Waals surface area (Å²) in [6, 6.07) is 8.78. The van der Waals surface area contributed by atoms with Gasteiger partial charge in [0.25, 0.3) is 0 Å². The lowest BCUT2D eigenvalue weighted by molar-refractivity contribution is 0.249. The summed E-state index contributed by atoms with van der Waals surface area (Å²) < 4.78 is 1.89. The molecule has 2 N–H and O–H groups in total. The molecule has 2 amide bonds.